The van der Waals surface area contributed by atoms with Crippen LogP contribution in [0.4, 0.5) is 0 Å². The zero-order valence-electron chi connectivity index (χ0n) is 16.0. The van der Waals surface area contributed by atoms with Crippen LogP contribution in [0.25, 0.3) is 0 Å². The van der Waals surface area contributed by atoms with Gasteiger partial charge in [-0.25, -0.2) is 4.79 Å². The minimum Gasteiger partial charge on any atom is -0.477 e. The Bertz CT molecular complexity index is 942. The van der Waals surface area contributed by atoms with Crippen molar-refractivity contribution in [2.24, 2.45) is 0 Å². The van der Waals surface area contributed by atoms with E-state index in [-0.39, 0.29) is 30.1 Å². The first-order valence-corrected chi connectivity index (χ1v) is 10.7. The van der Waals surface area contributed by atoms with Gasteiger partial charge < -0.3 is 19.9 Å². The molecule has 3 heterocycles. The van der Waals surface area contributed by atoms with Gasteiger partial charge in [-0.05, 0) is 11.4 Å². The summed E-state index contributed by atoms with van der Waals surface area (Å²) in [7, 11) is 0. The van der Waals surface area contributed by atoms with Crippen molar-refractivity contribution < 1.29 is 38.6 Å². The lowest BCUT2D eigenvalue weighted by atomic mass is 9.97. The molecule has 160 valence electrons. The largest absolute Gasteiger partial charge is 0.477 e. The van der Waals surface area contributed by atoms with Crippen molar-refractivity contribution in [1.29, 1.82) is 0 Å². The van der Waals surface area contributed by atoms with Crippen molar-refractivity contribution in [2.75, 3.05) is 12.4 Å². The van der Waals surface area contributed by atoms with Crippen LogP contribution >= 0.6 is 23.1 Å². The van der Waals surface area contributed by atoms with Gasteiger partial charge in [0.15, 0.2) is 5.37 Å². The number of nitrogens with one attached hydrogen (secondary N) is 1. The van der Waals surface area contributed by atoms with Crippen LogP contribution in [0, 0.1) is 0 Å². The normalized spacial score (nSPS) is 22.7. The zero-order chi connectivity index (χ0) is 22.1. The highest BCUT2D eigenvalue weighted by Gasteiger charge is 2.68. The van der Waals surface area contributed by atoms with Crippen LogP contribution < -0.4 is 5.32 Å². The predicted molar refractivity (Wildman–Crippen MR) is 105 cm³/mol. The summed E-state index contributed by atoms with van der Waals surface area (Å²) in [5, 5.41) is 12.9. The number of β-lactam (4-membered cyclic amide) rings is 1. The van der Waals surface area contributed by atoms with Crippen molar-refractivity contribution in [2.45, 2.75) is 31.4 Å². The molecule has 3 rings (SSSR count). The van der Waals surface area contributed by atoms with Gasteiger partial charge >= 0.3 is 17.9 Å². The summed E-state index contributed by atoms with van der Waals surface area (Å²) >= 11 is 2.46. The van der Waals surface area contributed by atoms with Gasteiger partial charge in [0.25, 0.3) is 11.6 Å². The highest BCUT2D eigenvalue weighted by molar-refractivity contribution is 8.00. The quantitative estimate of drug-likeness (QED) is 0.342. The number of nitrogens with zero attached hydrogens (tertiary/aromatic N) is 1. The maximum absolute atomic E-state index is 13.0. The first-order chi connectivity index (χ1) is 14.2. The van der Waals surface area contributed by atoms with Crippen molar-refractivity contribution >= 4 is 52.8 Å². The Hall–Kier alpha value is -2.86. The van der Waals surface area contributed by atoms with E-state index in [0.717, 1.165) is 28.5 Å². The molecule has 1 saturated heterocycles. The molecule has 0 saturated carbocycles. The number of thiophene rings is 1. The van der Waals surface area contributed by atoms with Crippen LogP contribution in [-0.2, 0) is 39.9 Å². The fraction of sp³-hybridized carbons (Fsp3) is 0.389. The highest BCUT2D eigenvalue weighted by Crippen LogP contribution is 2.47. The molecular weight excluding hydrogens is 436 g/mol. The summed E-state index contributed by atoms with van der Waals surface area (Å²) in [5.41, 5.74) is -2.12. The highest BCUT2D eigenvalue weighted by atomic mass is 32.2. The number of esters is 2. The lowest BCUT2D eigenvalue weighted by Crippen LogP contribution is -2.81. The molecular formula is C18H18N2O8S2. The van der Waals surface area contributed by atoms with E-state index in [4.69, 9.17) is 9.47 Å². The summed E-state index contributed by atoms with van der Waals surface area (Å²) in [4.78, 5) is 61.8. The Labute approximate surface area is 179 Å². The molecule has 2 atom stereocenters. The molecule has 1 unspecified atom stereocenters. The number of aliphatic carboxylic acids is 1. The third-order valence-corrected chi connectivity index (χ3v) is 6.56. The number of carboxylic acid groups (broad SMARTS) is 1. The molecule has 0 aliphatic carbocycles. The number of amides is 2. The average Bonchev–Trinajstić information content (AvgIpc) is 3.16. The molecule has 10 nitrogen and oxygen atoms in total. The van der Waals surface area contributed by atoms with Crippen LogP contribution in [0.2, 0.25) is 0 Å². The van der Waals surface area contributed by atoms with E-state index >= 15 is 0 Å². The fourth-order valence-electron chi connectivity index (χ4n) is 3.17. The Morgan fingerprint density at radius 3 is 2.60 bits per heavy atom. The maximum Gasteiger partial charge on any atom is 0.352 e. The topological polar surface area (TPSA) is 139 Å². The zero-order valence-corrected chi connectivity index (χ0v) is 17.6. The Morgan fingerprint density at radius 2 is 2.03 bits per heavy atom. The number of hydrogen-bond acceptors (Lipinski definition) is 9. The van der Waals surface area contributed by atoms with Crippen molar-refractivity contribution in [3.63, 3.8) is 0 Å². The third-order valence-electron chi connectivity index (χ3n) is 4.31. The second-order valence-electron chi connectivity index (χ2n) is 6.51. The van der Waals surface area contributed by atoms with Gasteiger partial charge in [-0.15, -0.1) is 23.1 Å². The minimum atomic E-state index is -2.00. The molecule has 2 aliphatic heterocycles. The van der Waals surface area contributed by atoms with Gasteiger partial charge in [0.05, 0.1) is 6.42 Å². The Kier molecular flexibility index (Phi) is 6.17. The fourth-order valence-corrected chi connectivity index (χ4v) is 5.25. The summed E-state index contributed by atoms with van der Waals surface area (Å²) < 4.78 is 10.1. The molecule has 30 heavy (non-hydrogen) atoms. The smallest absolute Gasteiger partial charge is 0.352 e. The number of rotatable bonds is 7. The summed E-state index contributed by atoms with van der Waals surface area (Å²) in [6.07, 6.45) is -0.0231. The molecule has 1 fully saturated rings. The van der Waals surface area contributed by atoms with Gasteiger partial charge in [0.1, 0.15) is 12.3 Å². The summed E-state index contributed by atoms with van der Waals surface area (Å²) in [6.45, 7) is 1.99. The first-order valence-electron chi connectivity index (χ1n) is 8.72. The van der Waals surface area contributed by atoms with Crippen molar-refractivity contribution in [3.05, 3.63) is 33.7 Å². The lowest BCUT2D eigenvalue weighted by Gasteiger charge is -2.55. The van der Waals surface area contributed by atoms with Crippen LogP contribution in [0.1, 0.15) is 18.7 Å². The number of carboxylic acids is 1. The van der Waals surface area contributed by atoms with Gasteiger partial charge in [-0.3, -0.25) is 24.1 Å². The third kappa shape index (κ3) is 4.05. The summed E-state index contributed by atoms with van der Waals surface area (Å²) in [6, 6.07) is 3.52. The van der Waals surface area contributed by atoms with E-state index in [1.165, 1.54) is 18.3 Å². The van der Waals surface area contributed by atoms with Gasteiger partial charge in [-0.1, -0.05) is 6.07 Å². The predicted octanol–water partition coefficient (Wildman–Crippen LogP) is 0.483. The van der Waals surface area contributed by atoms with Gasteiger partial charge in [0.2, 0.25) is 5.91 Å². The maximum atomic E-state index is 13.0. The van der Waals surface area contributed by atoms with E-state index in [0.29, 0.717) is 0 Å². The SMILES string of the molecule is CC(=O)OCC1=C(C(=O)O)N2C(=O)C(NC(=O)Cc3cccs3)(OC(C)=O)[C@H]2SC1. The first kappa shape index (κ1) is 21.8. The van der Waals surface area contributed by atoms with Crippen LogP contribution in [0.3, 0.4) is 0 Å². The second kappa shape index (κ2) is 8.48. The molecule has 0 bridgehead atoms. The number of fused-ring (bicyclic) bond motifs is 1. The van der Waals surface area contributed by atoms with E-state index < -0.39 is 40.8 Å². The van der Waals surface area contributed by atoms with Crippen LogP contribution in [0.15, 0.2) is 28.8 Å². The lowest BCUT2D eigenvalue weighted by molar-refractivity contribution is -0.202. The molecule has 12 heteroatoms. The summed E-state index contributed by atoms with van der Waals surface area (Å²) in [5.74, 6) is -4.10. The standard InChI is InChI=1S/C18H18N2O8S2/c1-9(21)27-7-11-8-30-17-18(28-10(2)22,16(26)20(17)14(11)15(24)25)19-13(23)6-12-4-3-5-29-12/h3-5,17H,6-8H2,1-2H3,(H,19,23)(H,24,25)/t17-,18?/m1/s1. The monoisotopic (exact) mass is 454 g/mol. The molecule has 0 radical (unpaired) electrons. The second-order valence-corrected chi connectivity index (χ2v) is 8.61. The molecule has 2 aliphatic rings. The van der Waals surface area contributed by atoms with E-state index in [1.807, 2.05) is 0 Å². The molecule has 1 aromatic rings. The number of hydrogen-bond donors (Lipinski definition) is 2. The Morgan fingerprint density at radius 1 is 1.30 bits per heavy atom. The van der Waals surface area contributed by atoms with Crippen LogP contribution in [0.5, 0.6) is 0 Å². The van der Waals surface area contributed by atoms with E-state index in [9.17, 15) is 29.1 Å². The molecule has 2 N–H and O–H groups in total. The van der Waals surface area contributed by atoms with Gasteiger partial charge in [0, 0.05) is 30.1 Å². The van der Waals surface area contributed by atoms with E-state index in [1.54, 1.807) is 17.5 Å². The number of ether oxygens (including phenoxy) is 2. The minimum absolute atomic E-state index is 0.0231. The van der Waals surface area contributed by atoms with Crippen molar-refractivity contribution in [1.82, 2.24) is 10.2 Å². The number of thioether (sulfide) groups is 1. The number of carbonyl (C=O) groups excluding carboxylic acids is 4. The van der Waals surface area contributed by atoms with E-state index in [2.05, 4.69) is 5.32 Å². The molecule has 0 aromatic carbocycles. The molecule has 1 aromatic heterocycles. The van der Waals surface area contributed by atoms with Crippen LogP contribution in [-0.4, -0.2) is 63.2 Å². The number of carbonyl (C=O) groups is 5. The van der Waals surface area contributed by atoms with Crippen molar-refractivity contribution in [3.8, 4) is 0 Å². The Balaban J connectivity index is 1.88. The molecule has 0 spiro atoms. The van der Waals surface area contributed by atoms with Gasteiger partial charge in [-0.2, -0.15) is 0 Å². The average molecular weight is 454 g/mol. The molecule has 2 amide bonds.